The number of urea groups is 1. The van der Waals surface area contributed by atoms with E-state index in [9.17, 15) is 4.79 Å². The molecule has 0 radical (unpaired) electrons. The van der Waals surface area contributed by atoms with Gasteiger partial charge in [-0.15, -0.1) is 0 Å². The van der Waals surface area contributed by atoms with Crippen LogP contribution in [0.1, 0.15) is 36.7 Å². The van der Waals surface area contributed by atoms with E-state index in [0.29, 0.717) is 5.92 Å². The van der Waals surface area contributed by atoms with Crippen LogP contribution in [0.2, 0.25) is 0 Å². The number of rotatable bonds is 5. The van der Waals surface area contributed by atoms with Crippen molar-refractivity contribution in [3.63, 3.8) is 0 Å². The van der Waals surface area contributed by atoms with Gasteiger partial charge in [0.05, 0.1) is 0 Å². The normalized spacial score (nSPS) is 16.3. The molecule has 1 aliphatic rings. The lowest BCUT2D eigenvalue weighted by Crippen LogP contribution is -2.47. The van der Waals surface area contributed by atoms with E-state index in [4.69, 9.17) is 0 Å². The molecule has 0 spiro atoms. The zero-order valence-electron chi connectivity index (χ0n) is 15.7. The minimum Gasteiger partial charge on any atom is -0.335 e. The Hall–Kier alpha value is -2.43. The van der Waals surface area contributed by atoms with Gasteiger partial charge in [0.1, 0.15) is 0 Å². The molecule has 2 aromatic heterocycles. The predicted octanol–water partition coefficient (Wildman–Crippen LogP) is 3.38. The molecule has 1 aliphatic heterocycles. The summed E-state index contributed by atoms with van der Waals surface area (Å²) in [5.41, 5.74) is 3.32. The van der Waals surface area contributed by atoms with Gasteiger partial charge in [-0.2, -0.15) is 0 Å². The standard InChI is InChI=1S/C21H28N4O/c1-16-5-3-7-20(23-16)13-17(2)24-21(26)25-11-8-18(9-12-25)14-19-6-4-10-22-15-19/h3-7,10,15,17-18H,8-9,11-14H2,1-2H3,(H,24,26). The molecule has 5 nitrogen and oxygen atoms in total. The number of likely N-dealkylation sites (tertiary alicyclic amines) is 1. The van der Waals surface area contributed by atoms with Gasteiger partial charge in [-0.1, -0.05) is 12.1 Å². The molecule has 1 atom stereocenters. The summed E-state index contributed by atoms with van der Waals surface area (Å²) in [6.07, 6.45) is 7.67. The van der Waals surface area contributed by atoms with Crippen molar-refractivity contribution < 1.29 is 4.79 Å². The van der Waals surface area contributed by atoms with Crippen LogP contribution in [0.4, 0.5) is 4.79 Å². The highest BCUT2D eigenvalue weighted by Crippen LogP contribution is 2.21. The fourth-order valence-corrected chi connectivity index (χ4v) is 3.57. The maximum atomic E-state index is 12.5. The summed E-state index contributed by atoms with van der Waals surface area (Å²) in [4.78, 5) is 23.2. The number of hydrogen-bond donors (Lipinski definition) is 1. The Balaban J connectivity index is 1.43. The third kappa shape index (κ3) is 5.28. The molecule has 0 bridgehead atoms. The number of piperidine rings is 1. The summed E-state index contributed by atoms with van der Waals surface area (Å²) in [5.74, 6) is 0.636. The molecule has 1 unspecified atom stereocenters. The van der Waals surface area contributed by atoms with Gasteiger partial charge in [0.15, 0.2) is 0 Å². The van der Waals surface area contributed by atoms with Crippen LogP contribution in [0, 0.1) is 12.8 Å². The molecule has 1 saturated heterocycles. The topological polar surface area (TPSA) is 58.1 Å². The minimum atomic E-state index is 0.0463. The first-order valence-corrected chi connectivity index (χ1v) is 9.47. The van der Waals surface area contributed by atoms with Gasteiger partial charge in [-0.05, 0) is 62.8 Å². The second-order valence-corrected chi connectivity index (χ2v) is 7.32. The van der Waals surface area contributed by atoms with Crippen LogP contribution in [-0.2, 0) is 12.8 Å². The highest BCUT2D eigenvalue weighted by Gasteiger charge is 2.23. The molecule has 3 heterocycles. The predicted molar refractivity (Wildman–Crippen MR) is 103 cm³/mol. The molecular formula is C21H28N4O. The van der Waals surface area contributed by atoms with Crippen molar-refractivity contribution in [2.24, 2.45) is 5.92 Å². The number of amides is 2. The maximum absolute atomic E-state index is 12.5. The Morgan fingerprint density at radius 1 is 1.27 bits per heavy atom. The largest absolute Gasteiger partial charge is 0.335 e. The molecular weight excluding hydrogens is 324 g/mol. The highest BCUT2D eigenvalue weighted by atomic mass is 16.2. The van der Waals surface area contributed by atoms with Gasteiger partial charge in [-0.25, -0.2) is 4.79 Å². The van der Waals surface area contributed by atoms with Crippen LogP contribution in [0.5, 0.6) is 0 Å². The summed E-state index contributed by atoms with van der Waals surface area (Å²) >= 11 is 0. The van der Waals surface area contributed by atoms with E-state index in [1.807, 2.05) is 55.4 Å². The highest BCUT2D eigenvalue weighted by molar-refractivity contribution is 5.74. The number of hydrogen-bond acceptors (Lipinski definition) is 3. The lowest BCUT2D eigenvalue weighted by Gasteiger charge is -2.33. The molecule has 2 aromatic rings. The summed E-state index contributed by atoms with van der Waals surface area (Å²) in [7, 11) is 0. The van der Waals surface area contributed by atoms with E-state index in [1.165, 1.54) is 5.56 Å². The van der Waals surface area contributed by atoms with Crippen LogP contribution < -0.4 is 5.32 Å². The van der Waals surface area contributed by atoms with Crippen LogP contribution >= 0.6 is 0 Å². The fourth-order valence-electron chi connectivity index (χ4n) is 3.57. The quantitative estimate of drug-likeness (QED) is 0.897. The molecule has 0 aromatic carbocycles. The van der Waals surface area contributed by atoms with E-state index in [1.54, 1.807) is 0 Å². The molecule has 5 heteroatoms. The molecule has 2 amide bonds. The number of aryl methyl sites for hydroxylation is 1. The van der Waals surface area contributed by atoms with E-state index in [-0.39, 0.29) is 12.1 Å². The van der Waals surface area contributed by atoms with E-state index in [0.717, 1.165) is 50.2 Å². The third-order valence-corrected chi connectivity index (χ3v) is 4.98. The summed E-state index contributed by atoms with van der Waals surface area (Å²) in [5, 5.41) is 3.12. The first-order chi connectivity index (χ1) is 12.6. The third-order valence-electron chi connectivity index (χ3n) is 4.98. The molecule has 0 aliphatic carbocycles. The fraction of sp³-hybridized carbons (Fsp3) is 0.476. The van der Waals surface area contributed by atoms with Crippen molar-refractivity contribution in [3.8, 4) is 0 Å². The average Bonchev–Trinajstić information content (AvgIpc) is 2.63. The second kappa shape index (κ2) is 8.79. The summed E-state index contributed by atoms with van der Waals surface area (Å²) in [6.45, 7) is 5.68. The molecule has 1 N–H and O–H groups in total. The lowest BCUT2D eigenvalue weighted by atomic mass is 9.91. The van der Waals surface area contributed by atoms with Gasteiger partial charge in [-0.3, -0.25) is 9.97 Å². The zero-order valence-corrected chi connectivity index (χ0v) is 15.7. The monoisotopic (exact) mass is 352 g/mol. The summed E-state index contributed by atoms with van der Waals surface area (Å²) in [6, 6.07) is 10.3. The lowest BCUT2D eigenvalue weighted by molar-refractivity contribution is 0.167. The Kier molecular flexibility index (Phi) is 6.21. The second-order valence-electron chi connectivity index (χ2n) is 7.32. The number of carbonyl (C=O) groups is 1. The van der Waals surface area contributed by atoms with Crippen molar-refractivity contribution >= 4 is 6.03 Å². The van der Waals surface area contributed by atoms with Gasteiger partial charge in [0, 0.05) is 49.3 Å². The smallest absolute Gasteiger partial charge is 0.317 e. The number of carbonyl (C=O) groups excluding carboxylic acids is 1. The van der Waals surface area contributed by atoms with Crippen molar-refractivity contribution in [1.29, 1.82) is 0 Å². The number of nitrogens with one attached hydrogen (secondary N) is 1. The Morgan fingerprint density at radius 2 is 2.08 bits per heavy atom. The molecule has 1 fully saturated rings. The van der Waals surface area contributed by atoms with Crippen molar-refractivity contribution in [2.45, 2.75) is 45.6 Å². The number of nitrogens with zero attached hydrogens (tertiary/aromatic N) is 3. The van der Waals surface area contributed by atoms with Crippen LogP contribution in [0.3, 0.4) is 0 Å². The average molecular weight is 352 g/mol. The molecule has 0 saturated carbocycles. The van der Waals surface area contributed by atoms with Crippen molar-refractivity contribution in [3.05, 3.63) is 59.7 Å². The van der Waals surface area contributed by atoms with Gasteiger partial charge >= 0.3 is 6.03 Å². The zero-order chi connectivity index (χ0) is 18.4. The van der Waals surface area contributed by atoms with Crippen molar-refractivity contribution in [2.75, 3.05) is 13.1 Å². The molecule has 26 heavy (non-hydrogen) atoms. The molecule has 3 rings (SSSR count). The van der Waals surface area contributed by atoms with Gasteiger partial charge in [0.2, 0.25) is 0 Å². The van der Waals surface area contributed by atoms with Crippen LogP contribution in [0.15, 0.2) is 42.7 Å². The first-order valence-electron chi connectivity index (χ1n) is 9.47. The number of aromatic nitrogens is 2. The minimum absolute atomic E-state index is 0.0463. The number of pyridine rings is 2. The van der Waals surface area contributed by atoms with E-state index in [2.05, 4.69) is 21.4 Å². The SMILES string of the molecule is Cc1cccc(CC(C)NC(=O)N2CCC(Cc3cccnc3)CC2)n1. The first kappa shape index (κ1) is 18.4. The Labute approximate surface area is 155 Å². The Morgan fingerprint density at radius 3 is 2.77 bits per heavy atom. The van der Waals surface area contributed by atoms with Crippen LogP contribution in [-0.4, -0.2) is 40.0 Å². The maximum Gasteiger partial charge on any atom is 0.317 e. The van der Waals surface area contributed by atoms with E-state index >= 15 is 0 Å². The van der Waals surface area contributed by atoms with Crippen LogP contribution in [0.25, 0.3) is 0 Å². The summed E-state index contributed by atoms with van der Waals surface area (Å²) < 4.78 is 0. The van der Waals surface area contributed by atoms with E-state index < -0.39 is 0 Å². The van der Waals surface area contributed by atoms with Gasteiger partial charge < -0.3 is 10.2 Å². The molecule has 138 valence electrons. The van der Waals surface area contributed by atoms with Crippen molar-refractivity contribution in [1.82, 2.24) is 20.2 Å². The van der Waals surface area contributed by atoms with Gasteiger partial charge in [0.25, 0.3) is 0 Å². The Bertz CT molecular complexity index is 711.